The molecule has 1 aromatic carbocycles. The van der Waals surface area contributed by atoms with Gasteiger partial charge in [-0.1, -0.05) is 19.1 Å². The zero-order valence-corrected chi connectivity index (χ0v) is 11.2. The second-order valence-corrected chi connectivity index (χ2v) is 5.54. The molecule has 0 heterocycles. The monoisotopic (exact) mass is 255 g/mol. The first-order chi connectivity index (χ1) is 8.11. The van der Waals surface area contributed by atoms with Crippen LogP contribution in [0.3, 0.4) is 0 Å². The Labute approximate surface area is 107 Å². The Morgan fingerprint density at radius 3 is 2.71 bits per heavy atom. The van der Waals surface area contributed by atoms with Crippen LogP contribution in [0.5, 0.6) is 5.75 Å². The van der Waals surface area contributed by atoms with Crippen molar-refractivity contribution in [1.29, 1.82) is 0 Å². The van der Waals surface area contributed by atoms with Crippen LogP contribution >= 0.6 is 11.8 Å². The van der Waals surface area contributed by atoms with Crippen molar-refractivity contribution in [2.75, 3.05) is 18.1 Å². The van der Waals surface area contributed by atoms with Crippen LogP contribution in [0.4, 0.5) is 5.69 Å². The van der Waals surface area contributed by atoms with E-state index in [0.717, 1.165) is 17.9 Å². The van der Waals surface area contributed by atoms with Gasteiger partial charge in [0.05, 0.1) is 18.4 Å². The van der Waals surface area contributed by atoms with E-state index >= 15 is 0 Å². The van der Waals surface area contributed by atoms with Gasteiger partial charge in [-0.05, 0) is 31.2 Å². The van der Waals surface area contributed by atoms with E-state index in [1.54, 1.807) is 11.8 Å². The summed E-state index contributed by atoms with van der Waals surface area (Å²) in [6.45, 7) is 4.51. The summed E-state index contributed by atoms with van der Waals surface area (Å²) in [6, 6.07) is 7.51. The molecule has 1 aromatic rings. The SMILES string of the molecule is CC(O)C(C)SCCCOc1ccccc1N. The molecule has 0 saturated carbocycles. The number of aliphatic hydroxyl groups is 1. The van der Waals surface area contributed by atoms with Crippen molar-refractivity contribution in [2.24, 2.45) is 0 Å². The number of thioether (sulfide) groups is 1. The van der Waals surface area contributed by atoms with Crippen LogP contribution in [0.2, 0.25) is 0 Å². The molecule has 2 atom stereocenters. The van der Waals surface area contributed by atoms with Gasteiger partial charge in [0.2, 0.25) is 0 Å². The minimum absolute atomic E-state index is 0.259. The van der Waals surface area contributed by atoms with Crippen molar-refractivity contribution in [2.45, 2.75) is 31.6 Å². The standard InChI is InChI=1S/C13H21NO2S/c1-10(15)11(2)17-9-5-8-16-13-7-4-3-6-12(13)14/h3-4,6-7,10-11,15H,5,8-9,14H2,1-2H3. The number of para-hydroxylation sites is 2. The van der Waals surface area contributed by atoms with Gasteiger partial charge in [0.25, 0.3) is 0 Å². The maximum absolute atomic E-state index is 9.32. The lowest BCUT2D eigenvalue weighted by molar-refractivity contribution is 0.196. The third-order valence-corrected chi connectivity index (χ3v) is 3.97. The van der Waals surface area contributed by atoms with E-state index in [4.69, 9.17) is 10.5 Å². The number of hydrogen-bond donors (Lipinski definition) is 2. The predicted molar refractivity (Wildman–Crippen MR) is 74.6 cm³/mol. The molecule has 17 heavy (non-hydrogen) atoms. The number of benzene rings is 1. The topological polar surface area (TPSA) is 55.5 Å². The van der Waals surface area contributed by atoms with Gasteiger partial charge in [-0.3, -0.25) is 0 Å². The van der Waals surface area contributed by atoms with E-state index in [1.807, 2.05) is 38.1 Å². The first-order valence-corrected chi connectivity index (χ1v) is 6.93. The Morgan fingerprint density at radius 1 is 1.35 bits per heavy atom. The molecule has 1 rings (SSSR count). The lowest BCUT2D eigenvalue weighted by atomic mass is 10.3. The summed E-state index contributed by atoms with van der Waals surface area (Å²) >= 11 is 1.76. The Bertz CT molecular complexity index is 331. The summed E-state index contributed by atoms with van der Waals surface area (Å²) in [6.07, 6.45) is 0.696. The van der Waals surface area contributed by atoms with Crippen molar-refractivity contribution < 1.29 is 9.84 Å². The smallest absolute Gasteiger partial charge is 0.142 e. The number of ether oxygens (including phenoxy) is 1. The molecule has 4 heteroatoms. The van der Waals surface area contributed by atoms with E-state index in [0.29, 0.717) is 12.3 Å². The summed E-state index contributed by atoms with van der Waals surface area (Å²) in [5, 5.41) is 9.60. The molecular weight excluding hydrogens is 234 g/mol. The molecule has 0 aromatic heterocycles. The fourth-order valence-electron chi connectivity index (χ4n) is 1.26. The van der Waals surface area contributed by atoms with Crippen molar-refractivity contribution >= 4 is 17.4 Å². The highest BCUT2D eigenvalue weighted by Gasteiger charge is 2.08. The van der Waals surface area contributed by atoms with Gasteiger partial charge in [0, 0.05) is 5.25 Å². The summed E-state index contributed by atoms with van der Waals surface area (Å²) < 4.78 is 5.58. The minimum Gasteiger partial charge on any atom is -0.491 e. The molecule has 96 valence electrons. The highest BCUT2D eigenvalue weighted by atomic mass is 32.2. The second kappa shape index (κ2) is 7.45. The van der Waals surface area contributed by atoms with Crippen LogP contribution in [0.25, 0.3) is 0 Å². The van der Waals surface area contributed by atoms with Gasteiger partial charge in [-0.25, -0.2) is 0 Å². The molecule has 3 nitrogen and oxygen atoms in total. The first-order valence-electron chi connectivity index (χ1n) is 5.88. The van der Waals surface area contributed by atoms with Crippen LogP contribution in [-0.4, -0.2) is 28.8 Å². The third-order valence-electron chi connectivity index (χ3n) is 2.53. The first kappa shape index (κ1) is 14.2. The normalized spacial score (nSPS) is 14.3. The number of anilines is 1. The summed E-state index contributed by atoms with van der Waals surface area (Å²) in [5.74, 6) is 1.74. The molecule has 0 aliphatic heterocycles. The molecule has 2 unspecified atom stereocenters. The zero-order valence-electron chi connectivity index (χ0n) is 10.4. The van der Waals surface area contributed by atoms with Crippen LogP contribution < -0.4 is 10.5 Å². The van der Waals surface area contributed by atoms with E-state index in [-0.39, 0.29) is 11.4 Å². The van der Waals surface area contributed by atoms with Gasteiger partial charge in [-0.2, -0.15) is 11.8 Å². The molecular formula is C13H21NO2S. The van der Waals surface area contributed by atoms with E-state index in [9.17, 15) is 5.11 Å². The Hall–Kier alpha value is -0.870. The van der Waals surface area contributed by atoms with E-state index in [1.165, 1.54) is 0 Å². The Balaban J connectivity index is 2.15. The lowest BCUT2D eigenvalue weighted by Crippen LogP contribution is -2.16. The van der Waals surface area contributed by atoms with Crippen LogP contribution in [0.1, 0.15) is 20.3 Å². The average Bonchev–Trinajstić information content (AvgIpc) is 2.30. The fraction of sp³-hybridized carbons (Fsp3) is 0.538. The van der Waals surface area contributed by atoms with Gasteiger partial charge in [0.15, 0.2) is 0 Å². The zero-order chi connectivity index (χ0) is 12.7. The predicted octanol–water partition coefficient (Wildman–Crippen LogP) is 2.54. The van der Waals surface area contributed by atoms with Crippen LogP contribution in [0.15, 0.2) is 24.3 Å². The molecule has 0 spiro atoms. The summed E-state index contributed by atoms with van der Waals surface area (Å²) in [4.78, 5) is 0. The van der Waals surface area contributed by atoms with Crippen LogP contribution in [-0.2, 0) is 0 Å². The van der Waals surface area contributed by atoms with Gasteiger partial charge in [0.1, 0.15) is 5.75 Å². The largest absolute Gasteiger partial charge is 0.491 e. The maximum atomic E-state index is 9.32. The number of aliphatic hydroxyl groups excluding tert-OH is 1. The molecule has 0 aliphatic rings. The summed E-state index contributed by atoms with van der Waals surface area (Å²) in [5.41, 5.74) is 6.44. The lowest BCUT2D eigenvalue weighted by Gasteiger charge is -2.14. The Kier molecular flexibility index (Phi) is 6.22. The number of hydrogen-bond acceptors (Lipinski definition) is 4. The highest BCUT2D eigenvalue weighted by Crippen LogP contribution is 2.20. The third kappa shape index (κ3) is 5.33. The molecule has 0 bridgehead atoms. The summed E-state index contributed by atoms with van der Waals surface area (Å²) in [7, 11) is 0. The molecule has 0 amide bonds. The second-order valence-electron chi connectivity index (χ2n) is 4.06. The average molecular weight is 255 g/mol. The fourth-order valence-corrected chi connectivity index (χ4v) is 2.20. The molecule has 0 radical (unpaired) electrons. The molecule has 3 N–H and O–H groups in total. The van der Waals surface area contributed by atoms with Crippen molar-refractivity contribution in [3.8, 4) is 5.75 Å². The van der Waals surface area contributed by atoms with Gasteiger partial charge in [-0.15, -0.1) is 0 Å². The van der Waals surface area contributed by atoms with Gasteiger partial charge >= 0.3 is 0 Å². The highest BCUT2D eigenvalue weighted by molar-refractivity contribution is 7.99. The van der Waals surface area contributed by atoms with Crippen molar-refractivity contribution in [3.63, 3.8) is 0 Å². The number of nitrogens with two attached hydrogens (primary N) is 1. The molecule has 0 aliphatic carbocycles. The van der Waals surface area contributed by atoms with Crippen molar-refractivity contribution in [1.82, 2.24) is 0 Å². The number of rotatable bonds is 7. The van der Waals surface area contributed by atoms with E-state index in [2.05, 4.69) is 0 Å². The molecule has 0 fully saturated rings. The minimum atomic E-state index is -0.259. The van der Waals surface area contributed by atoms with E-state index < -0.39 is 0 Å². The number of nitrogen functional groups attached to an aromatic ring is 1. The quantitative estimate of drug-likeness (QED) is 0.581. The Morgan fingerprint density at radius 2 is 2.06 bits per heavy atom. The molecule has 0 saturated heterocycles. The van der Waals surface area contributed by atoms with Crippen molar-refractivity contribution in [3.05, 3.63) is 24.3 Å². The van der Waals surface area contributed by atoms with Gasteiger partial charge < -0.3 is 15.6 Å². The van der Waals surface area contributed by atoms with Crippen LogP contribution in [0, 0.1) is 0 Å². The maximum Gasteiger partial charge on any atom is 0.142 e.